The highest BCUT2D eigenvalue weighted by molar-refractivity contribution is 5.94. The van der Waals surface area contributed by atoms with Crippen molar-refractivity contribution in [1.29, 1.82) is 0 Å². The maximum absolute atomic E-state index is 12.8. The second-order valence-electron chi connectivity index (χ2n) is 7.47. The summed E-state index contributed by atoms with van der Waals surface area (Å²) < 4.78 is 0. The standard InChI is InChI=1S/C18H24N2O/c1-10-15(19)3-2-4-16(10)20-18(21)17-13-6-11-5-12(8-13)9-14(17)7-11/h2-4,11-14,17H,5-9,19H2,1H3,(H,20,21). The highest BCUT2D eigenvalue weighted by Gasteiger charge is 2.50. The van der Waals surface area contributed by atoms with Crippen molar-refractivity contribution in [3.05, 3.63) is 23.8 Å². The quantitative estimate of drug-likeness (QED) is 0.815. The fraction of sp³-hybridized carbons (Fsp3) is 0.611. The first kappa shape index (κ1) is 13.2. The van der Waals surface area contributed by atoms with Crippen LogP contribution in [0.25, 0.3) is 0 Å². The number of hydrogen-bond acceptors (Lipinski definition) is 2. The lowest BCUT2D eigenvalue weighted by atomic mass is 9.51. The van der Waals surface area contributed by atoms with Gasteiger partial charge in [0.2, 0.25) is 5.91 Å². The Balaban J connectivity index is 1.54. The average molecular weight is 284 g/mol. The van der Waals surface area contributed by atoms with Crippen LogP contribution in [-0.4, -0.2) is 5.91 Å². The fourth-order valence-electron chi connectivity index (χ4n) is 5.36. The van der Waals surface area contributed by atoms with Crippen LogP contribution in [0.2, 0.25) is 0 Å². The summed E-state index contributed by atoms with van der Waals surface area (Å²) in [6, 6.07) is 5.75. The van der Waals surface area contributed by atoms with E-state index in [1.165, 1.54) is 32.1 Å². The number of carbonyl (C=O) groups excluding carboxylic acids is 1. The molecule has 21 heavy (non-hydrogen) atoms. The molecule has 0 aliphatic heterocycles. The van der Waals surface area contributed by atoms with Gasteiger partial charge in [-0.05, 0) is 80.4 Å². The Morgan fingerprint density at radius 2 is 1.71 bits per heavy atom. The molecule has 3 nitrogen and oxygen atoms in total. The largest absolute Gasteiger partial charge is 0.398 e. The number of anilines is 2. The van der Waals surface area contributed by atoms with Crippen LogP contribution in [0.15, 0.2) is 18.2 Å². The van der Waals surface area contributed by atoms with Gasteiger partial charge in [0.05, 0.1) is 0 Å². The third-order valence-electron chi connectivity index (χ3n) is 6.16. The van der Waals surface area contributed by atoms with Crippen LogP contribution in [0.1, 0.15) is 37.7 Å². The maximum atomic E-state index is 12.8. The van der Waals surface area contributed by atoms with Gasteiger partial charge in [0, 0.05) is 17.3 Å². The van der Waals surface area contributed by atoms with E-state index >= 15 is 0 Å². The van der Waals surface area contributed by atoms with E-state index in [9.17, 15) is 4.79 Å². The molecule has 1 amide bonds. The fourth-order valence-corrected chi connectivity index (χ4v) is 5.36. The number of nitrogens with one attached hydrogen (secondary N) is 1. The number of nitrogen functional groups attached to an aromatic ring is 1. The summed E-state index contributed by atoms with van der Waals surface area (Å²) in [5.74, 6) is 3.54. The molecular formula is C18H24N2O. The predicted molar refractivity (Wildman–Crippen MR) is 84.8 cm³/mol. The van der Waals surface area contributed by atoms with E-state index in [-0.39, 0.29) is 11.8 Å². The minimum absolute atomic E-state index is 0.234. The summed E-state index contributed by atoms with van der Waals surface area (Å²) in [5.41, 5.74) is 8.55. The molecule has 0 unspecified atom stereocenters. The van der Waals surface area contributed by atoms with Gasteiger partial charge in [-0.2, -0.15) is 0 Å². The van der Waals surface area contributed by atoms with Crippen molar-refractivity contribution in [3.8, 4) is 0 Å². The third kappa shape index (κ3) is 2.14. The zero-order valence-corrected chi connectivity index (χ0v) is 12.6. The molecular weight excluding hydrogens is 260 g/mol. The van der Waals surface area contributed by atoms with Crippen molar-refractivity contribution in [2.75, 3.05) is 11.1 Å². The zero-order valence-electron chi connectivity index (χ0n) is 12.6. The molecule has 3 N–H and O–H groups in total. The molecule has 4 aliphatic carbocycles. The molecule has 1 aromatic carbocycles. The van der Waals surface area contributed by atoms with E-state index in [4.69, 9.17) is 5.73 Å². The van der Waals surface area contributed by atoms with Crippen molar-refractivity contribution >= 4 is 17.3 Å². The number of hydrogen-bond donors (Lipinski definition) is 2. The Labute approximate surface area is 126 Å². The minimum atomic E-state index is 0.234. The van der Waals surface area contributed by atoms with Crippen molar-refractivity contribution in [2.24, 2.45) is 29.6 Å². The first-order valence-electron chi connectivity index (χ1n) is 8.27. The van der Waals surface area contributed by atoms with E-state index < -0.39 is 0 Å². The van der Waals surface area contributed by atoms with E-state index in [1.807, 2.05) is 25.1 Å². The van der Waals surface area contributed by atoms with Crippen LogP contribution in [0.3, 0.4) is 0 Å². The Morgan fingerprint density at radius 1 is 1.10 bits per heavy atom. The van der Waals surface area contributed by atoms with Gasteiger partial charge in [0.1, 0.15) is 0 Å². The first-order chi connectivity index (χ1) is 10.1. The lowest BCUT2D eigenvalue weighted by molar-refractivity contribution is -0.132. The number of rotatable bonds is 2. The van der Waals surface area contributed by atoms with Crippen molar-refractivity contribution in [3.63, 3.8) is 0 Å². The van der Waals surface area contributed by atoms with Crippen LogP contribution in [0, 0.1) is 36.5 Å². The van der Waals surface area contributed by atoms with Gasteiger partial charge in [-0.1, -0.05) is 6.07 Å². The van der Waals surface area contributed by atoms with Gasteiger partial charge < -0.3 is 11.1 Å². The molecule has 0 heterocycles. The molecule has 4 fully saturated rings. The lowest BCUT2D eigenvalue weighted by Crippen LogP contribution is -2.49. The van der Waals surface area contributed by atoms with Crippen LogP contribution < -0.4 is 11.1 Å². The van der Waals surface area contributed by atoms with Crippen molar-refractivity contribution < 1.29 is 4.79 Å². The summed E-state index contributed by atoms with van der Waals surface area (Å²) in [5, 5.41) is 3.16. The summed E-state index contributed by atoms with van der Waals surface area (Å²) >= 11 is 0. The number of amides is 1. The molecule has 4 aliphatic rings. The second kappa shape index (κ2) is 4.75. The molecule has 5 rings (SSSR count). The molecule has 0 spiro atoms. The minimum Gasteiger partial charge on any atom is -0.398 e. The van der Waals surface area contributed by atoms with Crippen LogP contribution >= 0.6 is 0 Å². The van der Waals surface area contributed by atoms with Crippen LogP contribution in [-0.2, 0) is 4.79 Å². The third-order valence-corrected chi connectivity index (χ3v) is 6.16. The van der Waals surface area contributed by atoms with E-state index in [0.717, 1.165) is 28.8 Å². The molecule has 0 radical (unpaired) electrons. The maximum Gasteiger partial charge on any atom is 0.228 e. The van der Waals surface area contributed by atoms with Crippen LogP contribution in [0.5, 0.6) is 0 Å². The highest BCUT2D eigenvalue weighted by Crippen LogP contribution is 2.56. The molecule has 112 valence electrons. The van der Waals surface area contributed by atoms with Gasteiger partial charge in [0.15, 0.2) is 0 Å². The van der Waals surface area contributed by atoms with E-state index in [2.05, 4.69) is 5.32 Å². The number of carbonyl (C=O) groups is 1. The molecule has 3 heteroatoms. The molecule has 0 aromatic heterocycles. The molecule has 1 aromatic rings. The summed E-state index contributed by atoms with van der Waals surface area (Å²) in [6.07, 6.45) is 6.54. The van der Waals surface area contributed by atoms with E-state index in [0.29, 0.717) is 11.8 Å². The van der Waals surface area contributed by atoms with Gasteiger partial charge in [0.25, 0.3) is 0 Å². The summed E-state index contributed by atoms with van der Waals surface area (Å²) in [4.78, 5) is 12.8. The average Bonchev–Trinajstić information content (AvgIpc) is 2.42. The SMILES string of the molecule is Cc1c(N)cccc1NC(=O)C1C2CC3CC(C2)CC1C3. The Hall–Kier alpha value is -1.51. The van der Waals surface area contributed by atoms with Crippen molar-refractivity contribution in [2.45, 2.75) is 39.0 Å². The smallest absolute Gasteiger partial charge is 0.228 e. The highest BCUT2D eigenvalue weighted by atomic mass is 16.1. The Morgan fingerprint density at radius 3 is 2.33 bits per heavy atom. The van der Waals surface area contributed by atoms with E-state index in [1.54, 1.807) is 0 Å². The van der Waals surface area contributed by atoms with Gasteiger partial charge in [-0.25, -0.2) is 0 Å². The second-order valence-corrected chi connectivity index (χ2v) is 7.47. The predicted octanol–water partition coefficient (Wildman–Crippen LogP) is 3.59. The zero-order chi connectivity index (χ0) is 14.6. The number of nitrogens with two attached hydrogens (primary N) is 1. The molecule has 4 saturated carbocycles. The topological polar surface area (TPSA) is 55.1 Å². The Bertz CT molecular complexity index is 553. The van der Waals surface area contributed by atoms with Crippen molar-refractivity contribution in [1.82, 2.24) is 0 Å². The molecule has 4 bridgehead atoms. The van der Waals surface area contributed by atoms with Crippen LogP contribution in [0.4, 0.5) is 11.4 Å². The summed E-state index contributed by atoms with van der Waals surface area (Å²) in [7, 11) is 0. The summed E-state index contributed by atoms with van der Waals surface area (Å²) in [6.45, 7) is 1.97. The van der Waals surface area contributed by atoms with Gasteiger partial charge in [-0.15, -0.1) is 0 Å². The van der Waals surface area contributed by atoms with Gasteiger partial charge in [-0.3, -0.25) is 4.79 Å². The molecule has 0 atom stereocenters. The Kier molecular flexibility index (Phi) is 2.98. The van der Waals surface area contributed by atoms with Gasteiger partial charge >= 0.3 is 0 Å². The lowest BCUT2D eigenvalue weighted by Gasteiger charge is -2.53. The normalized spacial score (nSPS) is 36.7. The molecule has 0 saturated heterocycles. The monoisotopic (exact) mass is 284 g/mol. The first-order valence-corrected chi connectivity index (χ1v) is 8.27. The number of benzene rings is 1.